The average Bonchev–Trinajstić information content (AvgIpc) is 3.42. The number of carbonyl (C=O) groups excluding carboxylic acids is 2. The summed E-state index contributed by atoms with van der Waals surface area (Å²) in [4.78, 5) is 29.6. The van der Waals surface area contributed by atoms with Crippen molar-refractivity contribution in [3.8, 4) is 11.5 Å². The van der Waals surface area contributed by atoms with Crippen LogP contribution in [0.5, 0.6) is 11.5 Å². The van der Waals surface area contributed by atoms with E-state index in [1.54, 1.807) is 6.07 Å². The minimum atomic E-state index is -0.000529. The average molecular weight is 475 g/mol. The van der Waals surface area contributed by atoms with E-state index in [1.165, 1.54) is 18.2 Å². The molecule has 0 unspecified atom stereocenters. The fourth-order valence-corrected chi connectivity index (χ4v) is 5.88. The molecule has 0 N–H and O–H groups in total. The Bertz CT molecular complexity index is 905. The van der Waals surface area contributed by atoms with Crippen LogP contribution in [0.2, 0.25) is 0 Å². The molecule has 2 amide bonds. The van der Waals surface area contributed by atoms with Gasteiger partial charge in [0, 0.05) is 19.1 Å². The first-order valence-electron chi connectivity index (χ1n) is 11.5. The van der Waals surface area contributed by atoms with Gasteiger partial charge in [0.25, 0.3) is 11.8 Å². The first-order valence-corrected chi connectivity index (χ1v) is 12.7. The molecule has 0 aromatic heterocycles. The summed E-state index contributed by atoms with van der Waals surface area (Å²) in [5.41, 5.74) is 0.843. The van der Waals surface area contributed by atoms with Gasteiger partial charge in [0.15, 0.2) is 18.1 Å². The number of likely N-dealkylation sites (tertiary alicyclic amines) is 1. The van der Waals surface area contributed by atoms with Gasteiger partial charge in [0.1, 0.15) is 4.32 Å². The summed E-state index contributed by atoms with van der Waals surface area (Å²) >= 11 is 6.90. The van der Waals surface area contributed by atoms with E-state index in [4.69, 9.17) is 21.7 Å². The van der Waals surface area contributed by atoms with E-state index in [0.29, 0.717) is 27.3 Å². The lowest BCUT2D eigenvalue weighted by molar-refractivity contribution is -0.132. The van der Waals surface area contributed by atoms with Crippen LogP contribution in [-0.2, 0) is 9.59 Å². The van der Waals surface area contributed by atoms with Gasteiger partial charge in [-0.15, -0.1) is 0 Å². The molecule has 2 saturated heterocycles. The van der Waals surface area contributed by atoms with Gasteiger partial charge in [-0.25, -0.2) is 0 Å². The van der Waals surface area contributed by atoms with Gasteiger partial charge in [-0.1, -0.05) is 49.3 Å². The molecule has 2 heterocycles. The molecule has 1 aromatic rings. The summed E-state index contributed by atoms with van der Waals surface area (Å²) in [6.45, 7) is 3.99. The predicted molar refractivity (Wildman–Crippen MR) is 131 cm³/mol. The van der Waals surface area contributed by atoms with Crippen molar-refractivity contribution >= 4 is 46.2 Å². The van der Waals surface area contributed by atoms with E-state index in [1.807, 2.05) is 34.9 Å². The Morgan fingerprint density at radius 2 is 1.88 bits per heavy atom. The van der Waals surface area contributed by atoms with Crippen molar-refractivity contribution in [3.63, 3.8) is 0 Å². The molecule has 3 fully saturated rings. The summed E-state index contributed by atoms with van der Waals surface area (Å²) < 4.78 is 12.2. The van der Waals surface area contributed by atoms with Gasteiger partial charge in [-0.3, -0.25) is 14.5 Å². The highest BCUT2D eigenvalue weighted by molar-refractivity contribution is 8.26. The second kappa shape index (κ2) is 10.7. The number of thioether (sulfide) groups is 1. The summed E-state index contributed by atoms with van der Waals surface area (Å²) in [5, 5.41) is 0. The van der Waals surface area contributed by atoms with Crippen LogP contribution in [-0.4, -0.2) is 58.3 Å². The standard InChI is InChI=1S/C24H30N2O4S2/c1-2-29-20-14-17(10-11-19(20)30-16-22(27)25-12-6-7-13-25)15-21-23(28)26(24(31)32-21)18-8-4-3-5-9-18/h10-11,14-15,18H,2-9,12-13,16H2,1H3/b21-15+. The fraction of sp³-hybridized carbons (Fsp3) is 0.542. The third-order valence-electron chi connectivity index (χ3n) is 6.14. The Morgan fingerprint density at radius 3 is 2.59 bits per heavy atom. The van der Waals surface area contributed by atoms with E-state index in [-0.39, 0.29) is 24.5 Å². The maximum Gasteiger partial charge on any atom is 0.266 e. The number of nitrogens with zero attached hydrogens (tertiary/aromatic N) is 2. The second-order valence-corrected chi connectivity index (χ2v) is 10.0. The van der Waals surface area contributed by atoms with E-state index in [9.17, 15) is 9.59 Å². The van der Waals surface area contributed by atoms with Gasteiger partial charge >= 0.3 is 0 Å². The van der Waals surface area contributed by atoms with Crippen LogP contribution in [0.15, 0.2) is 23.1 Å². The first-order chi connectivity index (χ1) is 15.6. The maximum atomic E-state index is 13.1. The van der Waals surface area contributed by atoms with Crippen LogP contribution in [0.25, 0.3) is 6.08 Å². The molecule has 2 aliphatic heterocycles. The highest BCUT2D eigenvalue weighted by Gasteiger charge is 2.37. The predicted octanol–water partition coefficient (Wildman–Crippen LogP) is 4.62. The van der Waals surface area contributed by atoms with Crippen LogP contribution in [0.3, 0.4) is 0 Å². The monoisotopic (exact) mass is 474 g/mol. The lowest BCUT2D eigenvalue weighted by Gasteiger charge is -2.29. The van der Waals surface area contributed by atoms with Crippen molar-refractivity contribution in [3.05, 3.63) is 28.7 Å². The zero-order valence-electron chi connectivity index (χ0n) is 18.5. The number of amides is 2. The van der Waals surface area contributed by atoms with E-state index in [2.05, 4.69) is 0 Å². The van der Waals surface area contributed by atoms with Crippen molar-refractivity contribution in [2.75, 3.05) is 26.3 Å². The summed E-state index contributed by atoms with van der Waals surface area (Å²) in [7, 11) is 0. The summed E-state index contributed by atoms with van der Waals surface area (Å²) in [6.07, 6.45) is 9.56. The fourth-order valence-electron chi connectivity index (χ4n) is 4.48. The number of rotatable bonds is 7. The molecular weight excluding hydrogens is 444 g/mol. The SMILES string of the molecule is CCOc1cc(/C=C2/SC(=S)N(C3CCCCC3)C2=O)ccc1OCC(=O)N1CCCC1. The first kappa shape index (κ1) is 23.1. The van der Waals surface area contributed by atoms with E-state index in [0.717, 1.165) is 57.2 Å². The van der Waals surface area contributed by atoms with Crippen LogP contribution in [0.1, 0.15) is 57.4 Å². The zero-order valence-corrected chi connectivity index (χ0v) is 20.1. The van der Waals surface area contributed by atoms with Crippen molar-refractivity contribution in [2.24, 2.45) is 0 Å². The molecule has 0 atom stereocenters. The third kappa shape index (κ3) is 5.29. The maximum absolute atomic E-state index is 13.1. The van der Waals surface area contributed by atoms with Crippen molar-refractivity contribution in [1.82, 2.24) is 9.80 Å². The Hall–Kier alpha value is -2.06. The van der Waals surface area contributed by atoms with Gasteiger partial charge in [0.05, 0.1) is 11.5 Å². The molecule has 3 aliphatic rings. The molecule has 1 saturated carbocycles. The molecule has 0 radical (unpaired) electrons. The molecule has 6 nitrogen and oxygen atoms in total. The zero-order chi connectivity index (χ0) is 22.5. The summed E-state index contributed by atoms with van der Waals surface area (Å²) in [6, 6.07) is 5.76. The minimum absolute atomic E-state index is 0.000381. The Morgan fingerprint density at radius 1 is 1.12 bits per heavy atom. The summed E-state index contributed by atoms with van der Waals surface area (Å²) in [5.74, 6) is 1.10. The molecule has 1 aromatic carbocycles. The van der Waals surface area contributed by atoms with E-state index >= 15 is 0 Å². The quantitative estimate of drug-likeness (QED) is 0.425. The molecule has 0 bridgehead atoms. The Balaban J connectivity index is 1.46. The topological polar surface area (TPSA) is 59.1 Å². The smallest absolute Gasteiger partial charge is 0.266 e. The van der Waals surface area contributed by atoms with Crippen LogP contribution in [0, 0.1) is 0 Å². The molecular formula is C24H30N2O4S2. The van der Waals surface area contributed by atoms with Gasteiger partial charge in [-0.05, 0) is 56.4 Å². The Kier molecular flexibility index (Phi) is 7.73. The van der Waals surface area contributed by atoms with Crippen molar-refractivity contribution < 1.29 is 19.1 Å². The lowest BCUT2D eigenvalue weighted by Crippen LogP contribution is -2.39. The van der Waals surface area contributed by atoms with Crippen molar-refractivity contribution in [1.29, 1.82) is 0 Å². The molecule has 32 heavy (non-hydrogen) atoms. The van der Waals surface area contributed by atoms with Crippen LogP contribution >= 0.6 is 24.0 Å². The van der Waals surface area contributed by atoms with Crippen molar-refractivity contribution in [2.45, 2.75) is 57.9 Å². The lowest BCUT2D eigenvalue weighted by atomic mass is 9.94. The number of carbonyl (C=O) groups is 2. The van der Waals surface area contributed by atoms with Crippen LogP contribution in [0.4, 0.5) is 0 Å². The number of ether oxygens (including phenoxy) is 2. The third-order valence-corrected chi connectivity index (χ3v) is 7.47. The van der Waals surface area contributed by atoms with Gasteiger partial charge < -0.3 is 14.4 Å². The number of thiocarbonyl (C=S) groups is 1. The van der Waals surface area contributed by atoms with Crippen LogP contribution < -0.4 is 9.47 Å². The molecule has 1 aliphatic carbocycles. The van der Waals surface area contributed by atoms with Gasteiger partial charge in [0.2, 0.25) is 0 Å². The number of benzene rings is 1. The minimum Gasteiger partial charge on any atom is -0.490 e. The molecule has 172 valence electrons. The Labute approximate surface area is 199 Å². The second-order valence-electron chi connectivity index (χ2n) is 8.36. The molecule has 4 rings (SSSR count). The molecule has 0 spiro atoms. The highest BCUT2D eigenvalue weighted by Crippen LogP contribution is 2.38. The molecule has 8 heteroatoms. The number of hydrogen-bond acceptors (Lipinski definition) is 6. The highest BCUT2D eigenvalue weighted by atomic mass is 32.2. The van der Waals surface area contributed by atoms with E-state index < -0.39 is 0 Å². The van der Waals surface area contributed by atoms with Gasteiger partial charge in [-0.2, -0.15) is 0 Å². The number of hydrogen-bond donors (Lipinski definition) is 0. The largest absolute Gasteiger partial charge is 0.490 e. The normalized spacial score (nSPS) is 21.0.